The highest BCUT2D eigenvalue weighted by Gasteiger charge is 2.22. The minimum Gasteiger partial charge on any atom is -0.463 e. The molecule has 0 saturated heterocycles. The molecule has 0 fully saturated rings. The van der Waals surface area contributed by atoms with Gasteiger partial charge < -0.3 is 4.42 Å². The third kappa shape index (κ3) is 2.35. The van der Waals surface area contributed by atoms with Crippen molar-refractivity contribution in [3.05, 3.63) is 42.8 Å². The zero-order valence-corrected chi connectivity index (χ0v) is 13.3. The van der Waals surface area contributed by atoms with Crippen LogP contribution in [0.4, 0.5) is 0 Å². The van der Waals surface area contributed by atoms with E-state index in [4.69, 9.17) is 4.42 Å². The van der Waals surface area contributed by atoms with Crippen molar-refractivity contribution in [3.8, 4) is 22.5 Å². The summed E-state index contributed by atoms with van der Waals surface area (Å²) in [6.07, 6.45) is 4.35. The number of benzene rings is 1. The molecular formula is C15H11N5O3S. The molecule has 1 N–H and O–H groups in total. The summed E-state index contributed by atoms with van der Waals surface area (Å²) in [6, 6.07) is 8.52. The lowest BCUT2D eigenvalue weighted by molar-refractivity contribution is 0.602. The van der Waals surface area contributed by atoms with Gasteiger partial charge in [-0.15, -0.1) is 10.2 Å². The number of sulfone groups is 1. The second-order valence-electron chi connectivity index (χ2n) is 5.21. The predicted octanol–water partition coefficient (Wildman–Crippen LogP) is 2.08. The molecule has 0 radical (unpaired) electrons. The van der Waals surface area contributed by atoms with E-state index < -0.39 is 9.84 Å². The van der Waals surface area contributed by atoms with Gasteiger partial charge >= 0.3 is 0 Å². The van der Waals surface area contributed by atoms with Gasteiger partial charge in [0.05, 0.1) is 11.2 Å². The fraction of sp³-hybridized carbons (Fsp3) is 0.0667. The highest BCUT2D eigenvalue weighted by Crippen LogP contribution is 2.35. The van der Waals surface area contributed by atoms with E-state index in [1.165, 1.54) is 6.07 Å². The van der Waals surface area contributed by atoms with Crippen LogP contribution in [0.3, 0.4) is 0 Å². The molecule has 24 heavy (non-hydrogen) atoms. The molecule has 3 heterocycles. The molecule has 0 saturated carbocycles. The first-order valence-electron chi connectivity index (χ1n) is 6.94. The number of nitrogens with zero attached hydrogens (tertiary/aromatic N) is 4. The summed E-state index contributed by atoms with van der Waals surface area (Å²) in [6.45, 7) is 0. The summed E-state index contributed by atoms with van der Waals surface area (Å²) >= 11 is 0. The van der Waals surface area contributed by atoms with Crippen molar-refractivity contribution >= 4 is 20.9 Å². The average Bonchev–Trinajstić information content (AvgIpc) is 3.24. The normalized spacial score (nSPS) is 11.9. The van der Waals surface area contributed by atoms with Gasteiger partial charge in [0, 0.05) is 29.6 Å². The van der Waals surface area contributed by atoms with E-state index in [2.05, 4.69) is 25.6 Å². The molecule has 0 atom stereocenters. The van der Waals surface area contributed by atoms with Crippen LogP contribution in [-0.2, 0) is 9.84 Å². The van der Waals surface area contributed by atoms with Crippen LogP contribution in [0.1, 0.15) is 0 Å². The summed E-state index contributed by atoms with van der Waals surface area (Å²) < 4.78 is 29.7. The number of nitrogens with one attached hydrogen (secondary N) is 1. The molecule has 0 aliphatic carbocycles. The number of aromatic amines is 1. The first-order chi connectivity index (χ1) is 11.5. The summed E-state index contributed by atoms with van der Waals surface area (Å²) in [5, 5.41) is 13.8. The van der Waals surface area contributed by atoms with Gasteiger partial charge in [0.15, 0.2) is 15.4 Å². The summed E-state index contributed by atoms with van der Waals surface area (Å²) in [5.41, 5.74) is 3.03. The van der Waals surface area contributed by atoms with Gasteiger partial charge in [0.2, 0.25) is 5.82 Å². The largest absolute Gasteiger partial charge is 0.463 e. The summed E-state index contributed by atoms with van der Waals surface area (Å²) in [7, 11) is -3.49. The Bertz CT molecular complexity index is 1130. The molecule has 1 aromatic carbocycles. The number of pyridine rings is 1. The smallest absolute Gasteiger partial charge is 0.206 e. The first-order valence-corrected chi connectivity index (χ1v) is 8.84. The molecule has 4 aromatic rings. The van der Waals surface area contributed by atoms with Gasteiger partial charge in [-0.3, -0.25) is 4.98 Å². The minimum absolute atomic E-state index is 0.126. The first kappa shape index (κ1) is 14.5. The second-order valence-corrected chi connectivity index (χ2v) is 7.20. The van der Waals surface area contributed by atoms with E-state index >= 15 is 0 Å². The van der Waals surface area contributed by atoms with Crippen molar-refractivity contribution in [2.45, 2.75) is 4.90 Å². The fourth-order valence-corrected chi connectivity index (χ4v) is 3.47. The number of aromatic nitrogens is 5. The SMILES string of the molecule is CS(=O)(=O)c1cccc(-c2cnc3ccoc3c2)c1-c1nn[nH]n1. The Morgan fingerprint density at radius 3 is 2.83 bits per heavy atom. The predicted molar refractivity (Wildman–Crippen MR) is 85.7 cm³/mol. The molecular weight excluding hydrogens is 330 g/mol. The maximum absolute atomic E-state index is 12.2. The summed E-state index contributed by atoms with van der Waals surface area (Å²) in [4.78, 5) is 4.45. The third-order valence-electron chi connectivity index (χ3n) is 3.61. The quantitative estimate of drug-likeness (QED) is 0.606. The van der Waals surface area contributed by atoms with Crippen molar-refractivity contribution in [3.63, 3.8) is 0 Å². The Kier molecular flexibility index (Phi) is 3.17. The van der Waals surface area contributed by atoms with E-state index in [0.717, 1.165) is 11.8 Å². The third-order valence-corrected chi connectivity index (χ3v) is 4.75. The lowest BCUT2D eigenvalue weighted by Crippen LogP contribution is -2.02. The lowest BCUT2D eigenvalue weighted by atomic mass is 10.0. The standard InChI is InChI=1S/C15H11N5O3S/c1-24(21,22)13-4-2-3-10(14(13)15-17-19-20-18-15)9-7-12-11(16-8-9)5-6-23-12/h2-8H,1H3,(H,17,18,19,20). The van der Waals surface area contributed by atoms with Crippen LogP contribution in [0.5, 0.6) is 0 Å². The van der Waals surface area contributed by atoms with Crippen molar-refractivity contribution in [2.75, 3.05) is 6.26 Å². The zero-order chi connectivity index (χ0) is 16.7. The van der Waals surface area contributed by atoms with Crippen LogP contribution >= 0.6 is 0 Å². The number of furan rings is 1. The van der Waals surface area contributed by atoms with E-state index in [1.807, 2.05) is 0 Å². The van der Waals surface area contributed by atoms with E-state index in [0.29, 0.717) is 22.3 Å². The van der Waals surface area contributed by atoms with Crippen LogP contribution in [0, 0.1) is 0 Å². The van der Waals surface area contributed by atoms with E-state index in [-0.39, 0.29) is 10.7 Å². The molecule has 8 nitrogen and oxygen atoms in total. The van der Waals surface area contributed by atoms with Crippen LogP contribution < -0.4 is 0 Å². The van der Waals surface area contributed by atoms with Crippen LogP contribution in [0.15, 0.2) is 52.1 Å². The average molecular weight is 341 g/mol. The minimum atomic E-state index is -3.49. The van der Waals surface area contributed by atoms with Crippen molar-refractivity contribution in [1.82, 2.24) is 25.6 Å². The highest BCUT2D eigenvalue weighted by atomic mass is 32.2. The lowest BCUT2D eigenvalue weighted by Gasteiger charge is -2.11. The number of hydrogen-bond donors (Lipinski definition) is 1. The van der Waals surface area contributed by atoms with Gasteiger partial charge in [-0.1, -0.05) is 12.1 Å². The molecule has 9 heteroatoms. The van der Waals surface area contributed by atoms with E-state index in [9.17, 15) is 8.42 Å². The number of tetrazole rings is 1. The number of rotatable bonds is 3. The molecule has 0 bridgehead atoms. The molecule has 0 unspecified atom stereocenters. The molecule has 0 aliphatic heterocycles. The van der Waals surface area contributed by atoms with Crippen molar-refractivity contribution < 1.29 is 12.8 Å². The molecule has 0 aliphatic rings. The number of fused-ring (bicyclic) bond motifs is 1. The molecule has 0 amide bonds. The molecule has 0 spiro atoms. The molecule has 120 valence electrons. The maximum atomic E-state index is 12.2. The van der Waals surface area contributed by atoms with Crippen molar-refractivity contribution in [1.29, 1.82) is 0 Å². The topological polar surface area (TPSA) is 115 Å². The maximum Gasteiger partial charge on any atom is 0.206 e. The van der Waals surface area contributed by atoms with Gasteiger partial charge in [-0.25, -0.2) is 8.42 Å². The highest BCUT2D eigenvalue weighted by molar-refractivity contribution is 7.90. The summed E-state index contributed by atoms with van der Waals surface area (Å²) in [5.74, 6) is 0.200. The Morgan fingerprint density at radius 1 is 1.21 bits per heavy atom. The van der Waals surface area contributed by atoms with Gasteiger partial charge in [0.1, 0.15) is 5.52 Å². The van der Waals surface area contributed by atoms with Crippen LogP contribution in [0.2, 0.25) is 0 Å². The Hall–Kier alpha value is -3.07. The Labute approximate surface area is 136 Å². The Morgan fingerprint density at radius 2 is 2.08 bits per heavy atom. The van der Waals surface area contributed by atoms with Crippen molar-refractivity contribution in [2.24, 2.45) is 0 Å². The fourth-order valence-electron chi connectivity index (χ4n) is 2.57. The van der Waals surface area contributed by atoms with Crippen LogP contribution in [-0.4, -0.2) is 40.3 Å². The molecule has 3 aromatic heterocycles. The molecule has 4 rings (SSSR count). The second kappa shape index (κ2) is 5.24. The van der Waals surface area contributed by atoms with E-state index in [1.54, 1.807) is 36.7 Å². The number of hydrogen-bond acceptors (Lipinski definition) is 7. The van der Waals surface area contributed by atoms with Gasteiger partial charge in [-0.05, 0) is 22.9 Å². The zero-order valence-electron chi connectivity index (χ0n) is 12.5. The van der Waals surface area contributed by atoms with Crippen LogP contribution in [0.25, 0.3) is 33.6 Å². The number of H-pyrrole nitrogens is 1. The van der Waals surface area contributed by atoms with Gasteiger partial charge in [0.25, 0.3) is 0 Å². The Balaban J connectivity index is 2.05. The van der Waals surface area contributed by atoms with Gasteiger partial charge in [-0.2, -0.15) is 5.21 Å². The monoisotopic (exact) mass is 341 g/mol.